The molecule has 0 aromatic heterocycles. The minimum absolute atomic E-state index is 0.0333. The van der Waals surface area contributed by atoms with Crippen molar-refractivity contribution < 1.29 is 14.1 Å². The van der Waals surface area contributed by atoms with E-state index in [4.69, 9.17) is 11.6 Å². The van der Waals surface area contributed by atoms with Gasteiger partial charge in [-0.2, -0.15) is 0 Å². The summed E-state index contributed by atoms with van der Waals surface area (Å²) in [6.45, 7) is 0.0651. The van der Waals surface area contributed by atoms with E-state index in [0.717, 1.165) is 12.8 Å². The molecule has 5 nitrogen and oxygen atoms in total. The molecule has 0 bridgehead atoms. The van der Waals surface area contributed by atoms with Gasteiger partial charge in [-0.15, -0.1) is 0 Å². The van der Waals surface area contributed by atoms with Crippen LogP contribution in [0.2, 0.25) is 5.02 Å². The first-order valence-corrected chi connectivity index (χ1v) is 8.30. The zero-order valence-electron chi connectivity index (χ0n) is 13.3. The van der Waals surface area contributed by atoms with Crippen LogP contribution in [-0.4, -0.2) is 21.8 Å². The molecule has 3 rings (SSSR count). The van der Waals surface area contributed by atoms with Crippen LogP contribution in [0.3, 0.4) is 0 Å². The second-order valence-electron chi connectivity index (χ2n) is 6.02. The van der Waals surface area contributed by atoms with E-state index in [1.165, 1.54) is 18.2 Å². The average Bonchev–Trinajstić information content (AvgIpc) is 3.39. The van der Waals surface area contributed by atoms with E-state index in [9.17, 15) is 19.3 Å². The summed E-state index contributed by atoms with van der Waals surface area (Å²) in [4.78, 5) is 24.9. The fourth-order valence-corrected chi connectivity index (χ4v) is 2.99. The number of nitro groups is 1. The number of halogens is 2. The van der Waals surface area contributed by atoms with Crippen molar-refractivity contribution in [3.05, 3.63) is 74.5 Å². The molecule has 2 aromatic rings. The van der Waals surface area contributed by atoms with Gasteiger partial charge in [0.25, 0.3) is 5.69 Å². The molecule has 0 radical (unpaired) electrons. The third-order valence-corrected chi connectivity index (χ3v) is 4.58. The van der Waals surface area contributed by atoms with Crippen LogP contribution in [0.4, 0.5) is 10.1 Å². The largest absolute Gasteiger partial charge is 0.335 e. The number of carbonyl (C=O) groups is 1. The monoisotopic (exact) mass is 362 g/mol. The van der Waals surface area contributed by atoms with Crippen LogP contribution in [0.25, 0.3) is 0 Å². The first-order valence-electron chi connectivity index (χ1n) is 7.92. The zero-order chi connectivity index (χ0) is 18.0. The number of amides is 1. The van der Waals surface area contributed by atoms with Crippen molar-refractivity contribution >= 4 is 23.2 Å². The summed E-state index contributed by atoms with van der Waals surface area (Å²) in [6, 6.07) is 10.6. The van der Waals surface area contributed by atoms with Crippen LogP contribution in [0.1, 0.15) is 24.0 Å². The second-order valence-corrected chi connectivity index (χ2v) is 6.42. The first kappa shape index (κ1) is 17.4. The molecule has 2 aromatic carbocycles. The SMILES string of the molecule is O=C(Cc1ccccc1[N+](=O)[O-])N(Cc1c(F)cccc1Cl)C1CC1. The van der Waals surface area contributed by atoms with Gasteiger partial charge >= 0.3 is 0 Å². The van der Waals surface area contributed by atoms with Crippen LogP contribution < -0.4 is 0 Å². The highest BCUT2D eigenvalue weighted by Gasteiger charge is 2.34. The van der Waals surface area contributed by atoms with Crippen molar-refractivity contribution in [1.82, 2.24) is 4.90 Å². The lowest BCUT2D eigenvalue weighted by molar-refractivity contribution is -0.385. The fraction of sp³-hybridized carbons (Fsp3) is 0.278. The summed E-state index contributed by atoms with van der Waals surface area (Å²) >= 11 is 6.06. The van der Waals surface area contributed by atoms with E-state index in [2.05, 4.69) is 0 Å². The number of hydrogen-bond donors (Lipinski definition) is 0. The fourth-order valence-electron chi connectivity index (χ4n) is 2.76. The Labute approximate surface area is 149 Å². The molecule has 25 heavy (non-hydrogen) atoms. The van der Waals surface area contributed by atoms with Crippen LogP contribution in [0.5, 0.6) is 0 Å². The quantitative estimate of drug-likeness (QED) is 0.573. The summed E-state index contributed by atoms with van der Waals surface area (Å²) in [6.07, 6.45) is 1.59. The van der Waals surface area contributed by atoms with E-state index < -0.39 is 10.7 Å². The van der Waals surface area contributed by atoms with Gasteiger partial charge in [-0.05, 0) is 25.0 Å². The molecule has 1 saturated carbocycles. The Kier molecular flexibility index (Phi) is 4.99. The number of benzene rings is 2. The molecule has 7 heteroatoms. The molecule has 0 N–H and O–H groups in total. The number of para-hydroxylation sites is 1. The minimum atomic E-state index is -0.502. The normalized spacial score (nSPS) is 13.5. The third kappa shape index (κ3) is 3.96. The van der Waals surface area contributed by atoms with Crippen molar-refractivity contribution in [3.8, 4) is 0 Å². The highest BCUT2D eigenvalue weighted by atomic mass is 35.5. The number of rotatable bonds is 6. The lowest BCUT2D eigenvalue weighted by Crippen LogP contribution is -2.34. The smallest absolute Gasteiger partial charge is 0.273 e. The number of nitrogens with zero attached hydrogens (tertiary/aromatic N) is 2. The molecule has 1 amide bonds. The standard InChI is InChI=1S/C18H16ClFN2O3/c19-15-5-3-6-16(20)14(15)11-21(13-8-9-13)18(23)10-12-4-1-2-7-17(12)22(24)25/h1-7,13H,8-11H2. The Morgan fingerprint density at radius 1 is 1.24 bits per heavy atom. The van der Waals surface area contributed by atoms with Crippen LogP contribution in [0, 0.1) is 15.9 Å². The van der Waals surface area contributed by atoms with Crippen LogP contribution in [0.15, 0.2) is 42.5 Å². The molecule has 0 unspecified atom stereocenters. The van der Waals surface area contributed by atoms with Crippen LogP contribution >= 0.6 is 11.6 Å². The van der Waals surface area contributed by atoms with Gasteiger partial charge in [0.1, 0.15) is 5.82 Å². The zero-order valence-corrected chi connectivity index (χ0v) is 14.1. The lowest BCUT2D eigenvalue weighted by atomic mass is 10.1. The average molecular weight is 363 g/mol. The molecule has 1 fully saturated rings. The first-order chi connectivity index (χ1) is 12.0. The van der Waals surface area contributed by atoms with Gasteiger partial charge in [0.2, 0.25) is 5.91 Å². The second kappa shape index (κ2) is 7.19. The number of hydrogen-bond acceptors (Lipinski definition) is 3. The highest BCUT2D eigenvalue weighted by Crippen LogP contribution is 2.32. The molecule has 0 aliphatic heterocycles. The number of nitro benzene ring substituents is 1. The maximum Gasteiger partial charge on any atom is 0.273 e. The predicted molar refractivity (Wildman–Crippen MR) is 91.8 cm³/mol. The summed E-state index contributed by atoms with van der Waals surface area (Å²) < 4.78 is 14.0. The Morgan fingerprint density at radius 3 is 2.60 bits per heavy atom. The molecule has 0 spiro atoms. The Balaban J connectivity index is 1.82. The van der Waals surface area contributed by atoms with E-state index in [1.807, 2.05) is 0 Å². The maximum absolute atomic E-state index is 14.0. The Morgan fingerprint density at radius 2 is 1.96 bits per heavy atom. The van der Waals surface area contributed by atoms with Gasteiger partial charge in [0.15, 0.2) is 0 Å². The molecule has 1 aliphatic rings. The number of carbonyl (C=O) groups excluding carboxylic acids is 1. The Hall–Kier alpha value is -2.47. The molecule has 1 aliphatic carbocycles. The van der Waals surface area contributed by atoms with Crippen molar-refractivity contribution in [3.63, 3.8) is 0 Å². The highest BCUT2D eigenvalue weighted by molar-refractivity contribution is 6.31. The summed E-state index contributed by atoms with van der Waals surface area (Å²) in [5, 5.41) is 11.4. The summed E-state index contributed by atoms with van der Waals surface area (Å²) in [5.74, 6) is -0.729. The topological polar surface area (TPSA) is 63.4 Å². The predicted octanol–water partition coefficient (Wildman–Crippen LogP) is 4.12. The van der Waals surface area contributed by atoms with Gasteiger partial charge < -0.3 is 4.90 Å². The third-order valence-electron chi connectivity index (χ3n) is 4.23. The van der Waals surface area contributed by atoms with Gasteiger partial charge in [-0.1, -0.05) is 35.9 Å². The van der Waals surface area contributed by atoms with Gasteiger partial charge in [0.05, 0.1) is 17.9 Å². The molecule has 130 valence electrons. The summed E-state index contributed by atoms with van der Waals surface area (Å²) in [5.41, 5.74) is 0.533. The molecule has 0 atom stereocenters. The van der Waals surface area contributed by atoms with Crippen molar-refractivity contribution in [2.24, 2.45) is 0 Å². The van der Waals surface area contributed by atoms with E-state index in [-0.39, 0.29) is 41.2 Å². The van der Waals surface area contributed by atoms with E-state index in [0.29, 0.717) is 5.56 Å². The van der Waals surface area contributed by atoms with Gasteiger partial charge in [0, 0.05) is 28.3 Å². The summed E-state index contributed by atoms with van der Waals surface area (Å²) in [7, 11) is 0. The Bertz CT molecular complexity index is 803. The van der Waals surface area contributed by atoms with Crippen LogP contribution in [-0.2, 0) is 17.8 Å². The molecule has 0 heterocycles. The van der Waals surface area contributed by atoms with Crippen molar-refractivity contribution in [2.45, 2.75) is 31.8 Å². The van der Waals surface area contributed by atoms with E-state index >= 15 is 0 Å². The van der Waals surface area contributed by atoms with Crippen molar-refractivity contribution in [2.75, 3.05) is 0 Å². The van der Waals surface area contributed by atoms with Gasteiger partial charge in [-0.25, -0.2) is 4.39 Å². The lowest BCUT2D eigenvalue weighted by Gasteiger charge is -2.23. The molecule has 0 saturated heterocycles. The molecular weight excluding hydrogens is 347 g/mol. The van der Waals surface area contributed by atoms with E-state index in [1.54, 1.807) is 29.2 Å². The van der Waals surface area contributed by atoms with Gasteiger partial charge in [-0.3, -0.25) is 14.9 Å². The maximum atomic E-state index is 14.0. The molecular formula is C18H16ClFN2O3. The van der Waals surface area contributed by atoms with Crippen molar-refractivity contribution in [1.29, 1.82) is 0 Å². The minimum Gasteiger partial charge on any atom is -0.335 e.